The fourth-order valence-electron chi connectivity index (χ4n) is 2.91. The highest BCUT2D eigenvalue weighted by atomic mass is 35.5. The number of rotatable bonds is 4. The molecule has 0 saturated heterocycles. The van der Waals surface area contributed by atoms with Crippen LogP contribution in [0.5, 0.6) is 5.75 Å². The molecule has 146 valence electrons. The lowest BCUT2D eigenvalue weighted by molar-refractivity contribution is 0.417. The van der Waals surface area contributed by atoms with Crippen LogP contribution in [0.25, 0.3) is 22.3 Å². The predicted molar refractivity (Wildman–Crippen MR) is 122 cm³/mol. The molecule has 4 rings (SSSR count). The number of aromatic amines is 1. The van der Waals surface area contributed by atoms with Crippen molar-refractivity contribution in [2.45, 2.75) is 0 Å². The van der Waals surface area contributed by atoms with E-state index in [0.717, 1.165) is 22.3 Å². The van der Waals surface area contributed by atoms with Gasteiger partial charge in [-0.1, -0.05) is 23.2 Å². The first-order chi connectivity index (χ1) is 14.0. The molecule has 0 aliphatic heterocycles. The molecule has 6 nitrogen and oxygen atoms in total. The van der Waals surface area contributed by atoms with Crippen molar-refractivity contribution in [3.8, 4) is 17.0 Å². The molecule has 0 amide bonds. The molecule has 2 heterocycles. The van der Waals surface area contributed by atoms with Crippen LogP contribution in [0, 0.1) is 0 Å². The van der Waals surface area contributed by atoms with Gasteiger partial charge >= 0.3 is 0 Å². The average molecular weight is 444 g/mol. The van der Waals surface area contributed by atoms with Crippen molar-refractivity contribution in [2.75, 3.05) is 17.7 Å². The number of halogens is 2. The first-order valence-corrected chi connectivity index (χ1v) is 9.71. The smallest absolute Gasteiger partial charge is 0.175 e. The number of H-pyrrole nitrogens is 1. The van der Waals surface area contributed by atoms with Crippen LogP contribution < -0.4 is 15.4 Å². The topological polar surface area (TPSA) is 74.9 Å². The van der Waals surface area contributed by atoms with E-state index in [1.807, 2.05) is 30.3 Å². The largest absolute Gasteiger partial charge is 0.495 e. The van der Waals surface area contributed by atoms with Gasteiger partial charge in [-0.15, -0.1) is 5.10 Å². The zero-order valence-electron chi connectivity index (χ0n) is 15.2. The Bertz CT molecular complexity index is 1160. The SMILES string of the molecule is COc1ccc(-c2cc3ccnnc3[nH]2)cc1NC(=S)Nc1cc(Cl)cc(Cl)c1. The molecule has 0 atom stereocenters. The van der Waals surface area contributed by atoms with Gasteiger partial charge in [-0.05, 0) is 60.7 Å². The second-order valence-corrected chi connectivity index (χ2v) is 7.45. The molecule has 29 heavy (non-hydrogen) atoms. The molecular formula is C20H15Cl2N5OS. The number of anilines is 2. The second kappa shape index (κ2) is 8.24. The summed E-state index contributed by atoms with van der Waals surface area (Å²) in [5, 5.41) is 16.6. The molecule has 9 heteroatoms. The van der Waals surface area contributed by atoms with E-state index in [9.17, 15) is 0 Å². The highest BCUT2D eigenvalue weighted by molar-refractivity contribution is 7.80. The maximum atomic E-state index is 6.04. The number of benzene rings is 2. The summed E-state index contributed by atoms with van der Waals surface area (Å²) < 4.78 is 5.46. The highest BCUT2D eigenvalue weighted by Crippen LogP contribution is 2.32. The summed E-state index contributed by atoms with van der Waals surface area (Å²) in [6.07, 6.45) is 1.66. The van der Waals surface area contributed by atoms with Crippen LogP contribution in [0.3, 0.4) is 0 Å². The first-order valence-electron chi connectivity index (χ1n) is 8.55. The molecule has 0 saturated carbocycles. The van der Waals surface area contributed by atoms with Crippen LogP contribution in [0.1, 0.15) is 0 Å². The number of hydrogen-bond acceptors (Lipinski definition) is 4. The number of nitrogens with one attached hydrogen (secondary N) is 3. The second-order valence-electron chi connectivity index (χ2n) is 6.17. The third-order valence-corrected chi connectivity index (χ3v) is 4.82. The van der Waals surface area contributed by atoms with E-state index in [-0.39, 0.29) is 0 Å². The van der Waals surface area contributed by atoms with Gasteiger partial charge in [-0.2, -0.15) is 5.10 Å². The number of aromatic nitrogens is 3. The number of methoxy groups -OCH3 is 1. The van der Waals surface area contributed by atoms with Gasteiger partial charge in [0.2, 0.25) is 0 Å². The third-order valence-electron chi connectivity index (χ3n) is 4.18. The van der Waals surface area contributed by atoms with E-state index in [1.54, 1.807) is 31.5 Å². The number of thiocarbonyl (C=S) groups is 1. The first kappa shape index (κ1) is 19.4. The Balaban J connectivity index is 1.60. The van der Waals surface area contributed by atoms with Gasteiger partial charge < -0.3 is 20.4 Å². The Labute approximate surface area is 182 Å². The van der Waals surface area contributed by atoms with Crippen molar-refractivity contribution in [3.05, 3.63) is 64.8 Å². The number of hydrogen-bond donors (Lipinski definition) is 3. The van der Waals surface area contributed by atoms with Gasteiger partial charge in [0, 0.05) is 32.4 Å². The molecule has 2 aromatic carbocycles. The number of fused-ring (bicyclic) bond motifs is 1. The van der Waals surface area contributed by atoms with E-state index >= 15 is 0 Å². The maximum Gasteiger partial charge on any atom is 0.175 e. The Morgan fingerprint density at radius 2 is 1.83 bits per heavy atom. The van der Waals surface area contributed by atoms with Gasteiger partial charge in [0.15, 0.2) is 10.8 Å². The van der Waals surface area contributed by atoms with Crippen LogP contribution in [0.4, 0.5) is 11.4 Å². The molecule has 0 bridgehead atoms. The van der Waals surface area contributed by atoms with E-state index in [0.29, 0.717) is 32.3 Å². The van der Waals surface area contributed by atoms with E-state index in [2.05, 4.69) is 25.8 Å². The zero-order valence-corrected chi connectivity index (χ0v) is 17.5. The summed E-state index contributed by atoms with van der Waals surface area (Å²) in [6.45, 7) is 0. The van der Waals surface area contributed by atoms with Crippen molar-refractivity contribution in [1.29, 1.82) is 0 Å². The summed E-state index contributed by atoms with van der Waals surface area (Å²) in [7, 11) is 1.60. The van der Waals surface area contributed by atoms with Gasteiger partial charge in [0.1, 0.15) is 5.75 Å². The quantitative estimate of drug-likeness (QED) is 0.348. The van der Waals surface area contributed by atoms with Crippen molar-refractivity contribution < 1.29 is 4.74 Å². The molecule has 0 fully saturated rings. The van der Waals surface area contributed by atoms with Crippen molar-refractivity contribution >= 4 is 62.9 Å². The van der Waals surface area contributed by atoms with Crippen molar-refractivity contribution in [1.82, 2.24) is 15.2 Å². The van der Waals surface area contributed by atoms with Gasteiger partial charge in [0.25, 0.3) is 0 Å². The lowest BCUT2D eigenvalue weighted by Gasteiger charge is -2.15. The summed E-state index contributed by atoms with van der Waals surface area (Å²) in [4.78, 5) is 3.26. The van der Waals surface area contributed by atoms with Crippen LogP contribution in [-0.4, -0.2) is 27.4 Å². The van der Waals surface area contributed by atoms with Gasteiger partial charge in [-0.25, -0.2) is 0 Å². The summed E-state index contributed by atoms with van der Waals surface area (Å²) in [5.41, 5.74) is 3.97. The summed E-state index contributed by atoms with van der Waals surface area (Å²) in [5.74, 6) is 0.651. The zero-order chi connectivity index (χ0) is 20.4. The molecule has 4 aromatic rings. The Morgan fingerprint density at radius 3 is 2.55 bits per heavy atom. The molecule has 0 aliphatic rings. The van der Waals surface area contributed by atoms with Crippen LogP contribution in [-0.2, 0) is 0 Å². The monoisotopic (exact) mass is 443 g/mol. The van der Waals surface area contributed by atoms with E-state index in [1.165, 1.54) is 0 Å². The maximum absolute atomic E-state index is 6.04. The molecule has 0 unspecified atom stereocenters. The van der Waals surface area contributed by atoms with Crippen LogP contribution in [0.15, 0.2) is 54.7 Å². The van der Waals surface area contributed by atoms with Gasteiger partial charge in [0.05, 0.1) is 19.0 Å². The Morgan fingerprint density at radius 1 is 1.03 bits per heavy atom. The van der Waals surface area contributed by atoms with Crippen LogP contribution >= 0.6 is 35.4 Å². The molecule has 2 aromatic heterocycles. The Hall–Kier alpha value is -2.87. The fourth-order valence-corrected chi connectivity index (χ4v) is 3.67. The normalized spacial score (nSPS) is 10.7. The standard InChI is InChI=1S/C20H15Cl2N5OS/c1-28-18-3-2-11(16-7-12-4-5-23-27-19(12)25-16)6-17(18)26-20(29)24-15-9-13(21)8-14(22)10-15/h2-10H,1H3,(H,25,27)(H2,24,26,29). The molecule has 0 aliphatic carbocycles. The fraction of sp³-hybridized carbons (Fsp3) is 0.0500. The lowest BCUT2D eigenvalue weighted by atomic mass is 10.1. The highest BCUT2D eigenvalue weighted by Gasteiger charge is 2.11. The molecule has 3 N–H and O–H groups in total. The minimum Gasteiger partial charge on any atom is -0.495 e. The summed E-state index contributed by atoms with van der Waals surface area (Å²) in [6, 6.07) is 14.8. The Kier molecular flexibility index (Phi) is 5.53. The number of nitrogens with zero attached hydrogens (tertiary/aromatic N) is 2. The lowest BCUT2D eigenvalue weighted by Crippen LogP contribution is -2.19. The molecule has 0 spiro atoms. The van der Waals surface area contributed by atoms with E-state index in [4.69, 9.17) is 40.2 Å². The third kappa shape index (κ3) is 4.42. The minimum atomic E-state index is 0.376. The van der Waals surface area contributed by atoms with Gasteiger partial charge in [-0.3, -0.25) is 0 Å². The predicted octanol–water partition coefficient (Wildman–Crippen LogP) is 5.75. The molecular weight excluding hydrogens is 429 g/mol. The van der Waals surface area contributed by atoms with E-state index < -0.39 is 0 Å². The minimum absolute atomic E-state index is 0.376. The van der Waals surface area contributed by atoms with Crippen molar-refractivity contribution in [2.24, 2.45) is 0 Å². The summed E-state index contributed by atoms with van der Waals surface area (Å²) >= 11 is 17.5. The van der Waals surface area contributed by atoms with Crippen LogP contribution in [0.2, 0.25) is 10.0 Å². The molecule has 0 radical (unpaired) electrons. The van der Waals surface area contributed by atoms with Crippen molar-refractivity contribution in [3.63, 3.8) is 0 Å². The number of ether oxygens (including phenoxy) is 1. The average Bonchev–Trinajstić information content (AvgIpc) is 3.11.